The first-order valence-corrected chi connectivity index (χ1v) is 10.0. The summed E-state index contributed by atoms with van der Waals surface area (Å²) in [5.74, 6) is 0.213. The van der Waals surface area contributed by atoms with E-state index in [4.69, 9.17) is 9.83 Å². The Kier molecular flexibility index (Phi) is 4.92. The maximum absolute atomic E-state index is 12.4. The van der Waals surface area contributed by atoms with Crippen LogP contribution in [0.1, 0.15) is 19.1 Å². The topological polar surface area (TPSA) is 125 Å². The van der Waals surface area contributed by atoms with Gasteiger partial charge in [0.2, 0.25) is 5.17 Å². The zero-order valence-corrected chi connectivity index (χ0v) is 17.3. The average Bonchev–Trinajstić information content (AvgIpc) is 3.31. The summed E-state index contributed by atoms with van der Waals surface area (Å²) < 4.78 is 6.28. The van der Waals surface area contributed by atoms with Crippen molar-refractivity contribution in [3.05, 3.63) is 56.3 Å². The third kappa shape index (κ3) is 3.54. The third-order valence-electron chi connectivity index (χ3n) is 4.14. The summed E-state index contributed by atoms with van der Waals surface area (Å²) in [6, 6.07) is 7.68. The number of benzene rings is 1. The van der Waals surface area contributed by atoms with Crippen molar-refractivity contribution in [2.75, 3.05) is 0 Å². The van der Waals surface area contributed by atoms with Crippen molar-refractivity contribution in [3.8, 4) is 11.3 Å². The van der Waals surface area contributed by atoms with Gasteiger partial charge >= 0.3 is 0 Å². The zero-order chi connectivity index (χ0) is 20.7. The van der Waals surface area contributed by atoms with Crippen LogP contribution in [-0.2, 0) is 4.79 Å². The van der Waals surface area contributed by atoms with Crippen molar-refractivity contribution in [2.24, 2.45) is 10.1 Å². The molecule has 0 saturated carbocycles. The van der Waals surface area contributed by atoms with Gasteiger partial charge in [0.15, 0.2) is 5.84 Å². The summed E-state index contributed by atoms with van der Waals surface area (Å²) in [5.41, 5.74) is 0.651. The fourth-order valence-electron chi connectivity index (χ4n) is 2.71. The molecule has 0 unspecified atom stereocenters. The normalized spacial score (nSPS) is 17.4. The number of hydrogen-bond acceptors (Lipinski definition) is 7. The molecule has 0 atom stereocenters. The number of thioether (sulfide) groups is 1. The molecule has 0 radical (unpaired) electrons. The number of fused-ring (bicyclic) bond motifs is 1. The molecule has 11 heteroatoms. The fourth-order valence-corrected chi connectivity index (χ4v) is 4.10. The van der Waals surface area contributed by atoms with Crippen LogP contribution in [-0.4, -0.2) is 31.9 Å². The highest BCUT2D eigenvalue weighted by Gasteiger charge is 2.35. The van der Waals surface area contributed by atoms with Crippen molar-refractivity contribution in [1.82, 2.24) is 5.01 Å². The van der Waals surface area contributed by atoms with E-state index in [0.717, 1.165) is 5.04 Å². The number of hydrogen-bond donors (Lipinski definition) is 1. The molecule has 0 spiro atoms. The van der Waals surface area contributed by atoms with Gasteiger partial charge in [0.1, 0.15) is 16.6 Å². The Morgan fingerprint density at radius 1 is 1.38 bits per heavy atom. The van der Waals surface area contributed by atoms with Gasteiger partial charge in [-0.2, -0.15) is 15.1 Å². The summed E-state index contributed by atoms with van der Waals surface area (Å²) >= 11 is 4.59. The third-order valence-corrected chi connectivity index (χ3v) is 5.85. The number of carbonyl (C=O) groups excluding carboxylic acids is 1. The van der Waals surface area contributed by atoms with Gasteiger partial charge < -0.3 is 4.42 Å². The Labute approximate surface area is 177 Å². The number of nitro groups is 1. The van der Waals surface area contributed by atoms with Crippen molar-refractivity contribution < 1.29 is 14.1 Å². The highest BCUT2D eigenvalue weighted by Crippen LogP contribution is 2.34. The predicted octanol–water partition coefficient (Wildman–Crippen LogP) is 4.65. The van der Waals surface area contributed by atoms with E-state index in [1.54, 1.807) is 18.2 Å². The standard InChI is InChI=1S/C18H12BrN5O4S/c1-2-15-22-23-16(20)12(17(25)21-18(23)29-15)8-10-4-6-14(28-10)11-5-3-9(24(26)27)7-13(11)19/h3-8,20H,2H2,1H3/b12-8+,20-16?. The monoisotopic (exact) mass is 473 g/mol. The van der Waals surface area contributed by atoms with Crippen LogP contribution in [0.15, 0.2) is 54.9 Å². The lowest BCUT2D eigenvalue weighted by molar-refractivity contribution is -0.384. The van der Waals surface area contributed by atoms with E-state index < -0.39 is 10.8 Å². The highest BCUT2D eigenvalue weighted by molar-refractivity contribution is 9.10. The Bertz CT molecular complexity index is 1170. The molecular weight excluding hydrogens is 462 g/mol. The van der Waals surface area contributed by atoms with Gasteiger partial charge in [-0.05, 0) is 58.4 Å². The van der Waals surface area contributed by atoms with Gasteiger partial charge in [-0.15, -0.1) is 0 Å². The van der Waals surface area contributed by atoms with E-state index in [1.807, 2.05) is 6.92 Å². The molecule has 1 aromatic carbocycles. The summed E-state index contributed by atoms with van der Waals surface area (Å²) in [7, 11) is 0. The van der Waals surface area contributed by atoms with E-state index in [2.05, 4.69) is 26.0 Å². The number of rotatable bonds is 4. The molecule has 0 fully saturated rings. The Balaban J connectivity index is 1.65. The minimum absolute atomic E-state index is 0.0417. The quantitative estimate of drug-likeness (QED) is 0.391. The number of non-ortho nitro benzene ring substituents is 1. The molecule has 1 aromatic heterocycles. The van der Waals surface area contributed by atoms with Gasteiger partial charge in [-0.25, -0.2) is 0 Å². The van der Waals surface area contributed by atoms with Crippen LogP contribution in [0.25, 0.3) is 17.4 Å². The first-order chi connectivity index (χ1) is 13.9. The molecular formula is C18H12BrN5O4S. The zero-order valence-electron chi connectivity index (χ0n) is 14.9. The SMILES string of the molecule is CCC1=NN2C(=N)/C(=C\c3ccc(-c4ccc([N+](=O)[O-])cc4Br)o3)C(=O)N=C2S1. The lowest BCUT2D eigenvalue weighted by Gasteiger charge is -2.19. The second-order valence-corrected chi connectivity index (χ2v) is 7.89. The number of amides is 1. The number of aliphatic imine (C=N–C) groups is 1. The largest absolute Gasteiger partial charge is 0.457 e. The Morgan fingerprint density at radius 3 is 2.86 bits per heavy atom. The summed E-state index contributed by atoms with van der Waals surface area (Å²) in [6.07, 6.45) is 2.13. The van der Waals surface area contributed by atoms with Crippen LogP contribution in [0.5, 0.6) is 0 Å². The molecule has 29 heavy (non-hydrogen) atoms. The van der Waals surface area contributed by atoms with Crippen LogP contribution in [0.3, 0.4) is 0 Å². The molecule has 2 aliphatic rings. The average molecular weight is 474 g/mol. The van der Waals surface area contributed by atoms with Crippen LogP contribution < -0.4 is 0 Å². The summed E-state index contributed by atoms with van der Waals surface area (Å²) in [4.78, 5) is 26.8. The highest BCUT2D eigenvalue weighted by atomic mass is 79.9. The molecule has 0 saturated heterocycles. The van der Waals surface area contributed by atoms with Crippen molar-refractivity contribution in [2.45, 2.75) is 13.3 Å². The van der Waals surface area contributed by atoms with E-state index >= 15 is 0 Å². The maximum atomic E-state index is 12.4. The molecule has 0 aliphatic carbocycles. The van der Waals surface area contributed by atoms with E-state index in [1.165, 1.54) is 35.0 Å². The van der Waals surface area contributed by atoms with E-state index in [9.17, 15) is 14.9 Å². The number of carbonyl (C=O) groups is 1. The molecule has 1 amide bonds. The summed E-state index contributed by atoms with van der Waals surface area (Å²) in [6.45, 7) is 1.94. The molecule has 9 nitrogen and oxygen atoms in total. The number of halogens is 1. The van der Waals surface area contributed by atoms with Gasteiger partial charge in [0.05, 0.1) is 10.5 Å². The van der Waals surface area contributed by atoms with Crippen LogP contribution >= 0.6 is 27.7 Å². The Morgan fingerprint density at radius 2 is 2.17 bits per heavy atom. The second kappa shape index (κ2) is 7.41. The van der Waals surface area contributed by atoms with Crippen LogP contribution in [0.4, 0.5) is 5.69 Å². The van der Waals surface area contributed by atoms with Gasteiger partial charge in [-0.3, -0.25) is 20.3 Å². The number of amidine groups is 2. The smallest absolute Gasteiger partial charge is 0.283 e. The van der Waals surface area contributed by atoms with Crippen molar-refractivity contribution >= 4 is 61.4 Å². The van der Waals surface area contributed by atoms with Crippen molar-refractivity contribution in [1.29, 1.82) is 5.41 Å². The summed E-state index contributed by atoms with van der Waals surface area (Å²) in [5, 5.41) is 26.0. The van der Waals surface area contributed by atoms with Crippen LogP contribution in [0.2, 0.25) is 0 Å². The Hall–Kier alpha value is -3.05. The van der Waals surface area contributed by atoms with Gasteiger partial charge in [0.25, 0.3) is 11.6 Å². The lowest BCUT2D eigenvalue weighted by atomic mass is 10.1. The minimum atomic E-state index is -0.532. The first kappa shape index (κ1) is 19.3. The number of furan rings is 1. The number of nitrogens with zero attached hydrogens (tertiary/aromatic N) is 4. The minimum Gasteiger partial charge on any atom is -0.457 e. The molecule has 2 aromatic rings. The number of nitro benzene ring substituents is 1. The van der Waals surface area contributed by atoms with E-state index in [-0.39, 0.29) is 17.1 Å². The van der Waals surface area contributed by atoms with Crippen LogP contribution in [0, 0.1) is 15.5 Å². The molecule has 1 N–H and O–H groups in total. The van der Waals surface area contributed by atoms with Gasteiger partial charge in [0, 0.05) is 22.2 Å². The molecule has 4 rings (SSSR count). The lowest BCUT2D eigenvalue weighted by Crippen LogP contribution is -2.35. The molecule has 0 bridgehead atoms. The number of hydrazone groups is 1. The first-order valence-electron chi connectivity index (χ1n) is 8.40. The number of nitrogens with one attached hydrogen (secondary N) is 1. The fraction of sp³-hybridized carbons (Fsp3) is 0.111. The van der Waals surface area contributed by atoms with E-state index in [0.29, 0.717) is 33.1 Å². The second-order valence-electron chi connectivity index (χ2n) is 5.99. The van der Waals surface area contributed by atoms with Gasteiger partial charge in [-0.1, -0.05) is 6.92 Å². The molecule has 146 valence electrons. The molecule has 3 heterocycles. The predicted molar refractivity (Wildman–Crippen MR) is 114 cm³/mol. The van der Waals surface area contributed by atoms with Crippen molar-refractivity contribution in [3.63, 3.8) is 0 Å². The maximum Gasteiger partial charge on any atom is 0.283 e. The molecule has 2 aliphatic heterocycles.